The lowest BCUT2D eigenvalue weighted by Gasteiger charge is -2.27. The van der Waals surface area contributed by atoms with Crippen LogP contribution in [0.25, 0.3) is 0 Å². The van der Waals surface area contributed by atoms with E-state index in [1.807, 2.05) is 30.3 Å². The van der Waals surface area contributed by atoms with Gasteiger partial charge in [0.1, 0.15) is 6.61 Å². The Morgan fingerprint density at radius 2 is 2.00 bits per heavy atom. The summed E-state index contributed by atoms with van der Waals surface area (Å²) in [4.78, 5) is 13.4. The van der Waals surface area contributed by atoms with Crippen LogP contribution in [0, 0.1) is 11.5 Å². The molecule has 1 fully saturated rings. The lowest BCUT2D eigenvalue weighted by Crippen LogP contribution is -2.43. The summed E-state index contributed by atoms with van der Waals surface area (Å²) in [6.07, 6.45) is 1.16. The van der Waals surface area contributed by atoms with Crippen LogP contribution >= 0.6 is 0 Å². The van der Waals surface area contributed by atoms with E-state index in [0.29, 0.717) is 13.1 Å². The molecular formula is C13H15N3O3S. The first-order valence-corrected chi connectivity index (χ1v) is 8.04. The van der Waals surface area contributed by atoms with E-state index in [0.717, 1.165) is 5.56 Å². The second-order valence-electron chi connectivity index (χ2n) is 4.40. The molecule has 0 atom stereocenters. The number of carbonyl (C=O) groups is 1. The molecule has 0 N–H and O–H groups in total. The van der Waals surface area contributed by atoms with Crippen molar-refractivity contribution in [1.82, 2.24) is 4.90 Å². The molecule has 0 radical (unpaired) electrons. The van der Waals surface area contributed by atoms with E-state index in [1.54, 1.807) is 6.19 Å². The van der Waals surface area contributed by atoms with Crippen LogP contribution in [-0.4, -0.2) is 39.8 Å². The van der Waals surface area contributed by atoms with E-state index in [2.05, 4.69) is 4.36 Å². The van der Waals surface area contributed by atoms with Gasteiger partial charge in [0.05, 0.1) is 21.2 Å². The first-order valence-electron chi connectivity index (χ1n) is 6.19. The van der Waals surface area contributed by atoms with E-state index >= 15 is 0 Å². The monoisotopic (exact) mass is 293 g/mol. The number of nitrogens with zero attached hydrogens (tertiary/aromatic N) is 3. The summed E-state index contributed by atoms with van der Waals surface area (Å²) < 4.78 is 20.6. The second-order valence-corrected chi connectivity index (χ2v) is 6.94. The Labute approximate surface area is 118 Å². The molecule has 1 aliphatic rings. The van der Waals surface area contributed by atoms with Crippen LogP contribution in [-0.2, 0) is 21.1 Å². The molecule has 1 heterocycles. The van der Waals surface area contributed by atoms with Crippen LogP contribution in [0.2, 0.25) is 0 Å². The fourth-order valence-corrected chi connectivity index (χ4v) is 3.43. The maximum atomic E-state index is 12.0. The Morgan fingerprint density at radius 3 is 2.60 bits per heavy atom. The van der Waals surface area contributed by atoms with Gasteiger partial charge in [0.15, 0.2) is 0 Å². The highest BCUT2D eigenvalue weighted by molar-refractivity contribution is 7.93. The van der Waals surface area contributed by atoms with Crippen LogP contribution in [0.3, 0.4) is 0 Å². The average Bonchev–Trinajstić information content (AvgIpc) is 2.47. The van der Waals surface area contributed by atoms with Gasteiger partial charge in [-0.05, 0) is 5.56 Å². The minimum atomic E-state index is -2.46. The number of rotatable bonds is 2. The number of carbonyl (C=O) groups excluding carboxylic acids is 1. The minimum Gasteiger partial charge on any atom is -0.445 e. The number of amides is 1. The van der Waals surface area contributed by atoms with Gasteiger partial charge in [0.25, 0.3) is 0 Å². The molecule has 2 rings (SSSR count). The third kappa shape index (κ3) is 3.71. The van der Waals surface area contributed by atoms with Crippen molar-refractivity contribution in [3.63, 3.8) is 0 Å². The average molecular weight is 293 g/mol. The minimum absolute atomic E-state index is 0.216. The van der Waals surface area contributed by atoms with Gasteiger partial charge in [0.2, 0.25) is 6.19 Å². The summed E-state index contributed by atoms with van der Waals surface area (Å²) in [5.41, 5.74) is 0.918. The molecule has 0 aliphatic carbocycles. The fourth-order valence-electron chi connectivity index (χ4n) is 1.88. The zero-order valence-corrected chi connectivity index (χ0v) is 11.7. The van der Waals surface area contributed by atoms with Gasteiger partial charge in [-0.3, -0.25) is 0 Å². The zero-order valence-electron chi connectivity index (χ0n) is 10.9. The van der Waals surface area contributed by atoms with Gasteiger partial charge >= 0.3 is 6.09 Å². The zero-order chi connectivity index (χ0) is 14.4. The van der Waals surface area contributed by atoms with E-state index in [9.17, 15) is 9.00 Å². The predicted octanol–water partition coefficient (Wildman–Crippen LogP) is 1.59. The van der Waals surface area contributed by atoms with E-state index in [4.69, 9.17) is 10.00 Å². The normalized spacial score (nSPS) is 17.1. The van der Waals surface area contributed by atoms with E-state index in [-0.39, 0.29) is 18.1 Å². The number of benzene rings is 1. The van der Waals surface area contributed by atoms with Crippen molar-refractivity contribution in [2.75, 3.05) is 24.6 Å². The van der Waals surface area contributed by atoms with Crippen LogP contribution in [0.1, 0.15) is 5.56 Å². The summed E-state index contributed by atoms with van der Waals surface area (Å²) in [5.74, 6) is 0.446. The maximum absolute atomic E-state index is 12.0. The number of hydrogen-bond acceptors (Lipinski definition) is 5. The van der Waals surface area contributed by atoms with Crippen molar-refractivity contribution < 1.29 is 13.7 Å². The number of nitriles is 1. The van der Waals surface area contributed by atoms with Crippen LogP contribution in [0.4, 0.5) is 4.79 Å². The lowest BCUT2D eigenvalue weighted by atomic mass is 10.2. The Kier molecular flexibility index (Phi) is 4.58. The highest BCUT2D eigenvalue weighted by Gasteiger charge is 2.25. The molecule has 0 bridgehead atoms. The summed E-state index contributed by atoms with van der Waals surface area (Å²) in [6, 6.07) is 9.40. The van der Waals surface area contributed by atoms with Crippen LogP contribution in [0.5, 0.6) is 0 Å². The molecule has 1 amide bonds. The Balaban J connectivity index is 1.85. The summed E-state index contributed by atoms with van der Waals surface area (Å²) in [6.45, 7) is 0.823. The third-order valence-corrected chi connectivity index (χ3v) is 5.09. The second kappa shape index (κ2) is 6.39. The van der Waals surface area contributed by atoms with Crippen molar-refractivity contribution >= 4 is 15.8 Å². The van der Waals surface area contributed by atoms with E-state index < -0.39 is 15.8 Å². The molecule has 1 aromatic rings. The SMILES string of the molecule is N#CN=S1(=O)CCN(C(=O)OCc2ccccc2)CC1. The first-order chi connectivity index (χ1) is 9.63. The van der Waals surface area contributed by atoms with Crippen molar-refractivity contribution in [3.8, 4) is 6.19 Å². The molecule has 1 saturated heterocycles. The first kappa shape index (κ1) is 14.3. The highest BCUT2D eigenvalue weighted by Crippen LogP contribution is 2.09. The van der Waals surface area contributed by atoms with Crippen molar-refractivity contribution in [1.29, 1.82) is 5.26 Å². The van der Waals surface area contributed by atoms with Crippen LogP contribution < -0.4 is 0 Å². The van der Waals surface area contributed by atoms with Gasteiger partial charge in [-0.25, -0.2) is 9.00 Å². The Bertz CT molecular complexity index is 616. The summed E-state index contributed by atoms with van der Waals surface area (Å²) >= 11 is 0. The lowest BCUT2D eigenvalue weighted by molar-refractivity contribution is 0.0994. The van der Waals surface area contributed by atoms with Crippen LogP contribution in [0.15, 0.2) is 34.7 Å². The predicted molar refractivity (Wildman–Crippen MR) is 74.1 cm³/mol. The number of ether oxygens (including phenoxy) is 1. The third-order valence-electron chi connectivity index (χ3n) is 3.03. The molecule has 20 heavy (non-hydrogen) atoms. The van der Waals surface area contributed by atoms with E-state index in [1.165, 1.54) is 4.90 Å². The van der Waals surface area contributed by atoms with Gasteiger partial charge in [0, 0.05) is 13.1 Å². The highest BCUT2D eigenvalue weighted by atomic mass is 32.2. The van der Waals surface area contributed by atoms with Gasteiger partial charge in [-0.15, -0.1) is 4.36 Å². The topological polar surface area (TPSA) is 82.8 Å². The van der Waals surface area contributed by atoms with Gasteiger partial charge in [-0.2, -0.15) is 5.26 Å². The Hall–Kier alpha value is -2.07. The fraction of sp³-hybridized carbons (Fsp3) is 0.385. The maximum Gasteiger partial charge on any atom is 0.410 e. The standard InChI is InChI=1S/C13H15N3O3S/c14-11-15-20(18)8-6-16(7-9-20)13(17)19-10-12-4-2-1-3-5-12/h1-5H,6-10H2. The molecule has 0 aromatic heterocycles. The largest absolute Gasteiger partial charge is 0.445 e. The van der Waals surface area contributed by atoms with Gasteiger partial charge in [-0.1, -0.05) is 30.3 Å². The smallest absolute Gasteiger partial charge is 0.410 e. The molecule has 1 aliphatic heterocycles. The molecular weight excluding hydrogens is 278 g/mol. The van der Waals surface area contributed by atoms with Crippen molar-refractivity contribution in [2.24, 2.45) is 4.36 Å². The number of hydrogen-bond donors (Lipinski definition) is 0. The van der Waals surface area contributed by atoms with Gasteiger partial charge < -0.3 is 9.64 Å². The quantitative estimate of drug-likeness (QED) is 0.775. The molecule has 0 spiro atoms. The molecule has 6 nitrogen and oxygen atoms in total. The summed E-state index contributed by atoms with van der Waals surface area (Å²) in [5, 5.41) is 8.47. The molecule has 0 saturated carbocycles. The van der Waals surface area contributed by atoms with Crippen molar-refractivity contribution in [3.05, 3.63) is 35.9 Å². The molecule has 1 aromatic carbocycles. The molecule has 106 valence electrons. The summed E-state index contributed by atoms with van der Waals surface area (Å²) in [7, 11) is -2.46. The Morgan fingerprint density at radius 1 is 1.35 bits per heavy atom. The van der Waals surface area contributed by atoms with Crippen molar-refractivity contribution in [2.45, 2.75) is 6.61 Å². The molecule has 7 heteroatoms. The molecule has 0 unspecified atom stereocenters.